The summed E-state index contributed by atoms with van der Waals surface area (Å²) in [4.78, 5) is 19.0. The zero-order valence-corrected chi connectivity index (χ0v) is 17.8. The smallest absolute Gasteiger partial charge is 0.258 e. The summed E-state index contributed by atoms with van der Waals surface area (Å²) in [6, 6.07) is 5.86. The fraction of sp³-hybridized carbons (Fsp3) is 0.250. The van der Waals surface area contributed by atoms with E-state index in [2.05, 4.69) is 17.2 Å². The number of piperidine rings is 1. The molecule has 0 bridgehead atoms. The van der Waals surface area contributed by atoms with E-state index in [0.29, 0.717) is 29.9 Å². The first kappa shape index (κ1) is 22.7. The van der Waals surface area contributed by atoms with Crippen molar-refractivity contribution in [2.75, 3.05) is 23.3 Å². The molecule has 172 valence electrons. The third-order valence-corrected chi connectivity index (χ3v) is 5.62. The summed E-state index contributed by atoms with van der Waals surface area (Å²) in [7, 11) is 0. The van der Waals surface area contributed by atoms with E-state index in [1.54, 1.807) is 12.3 Å². The molecule has 2 heterocycles. The molecule has 3 aromatic rings. The number of carbonyl (C=O) groups is 1. The van der Waals surface area contributed by atoms with E-state index in [1.807, 2.05) is 4.90 Å². The molecule has 1 fully saturated rings. The molecule has 5 nitrogen and oxygen atoms in total. The van der Waals surface area contributed by atoms with E-state index in [0.717, 1.165) is 37.2 Å². The molecule has 0 radical (unpaired) electrons. The number of pyridine rings is 1. The Hall–Kier alpha value is -3.46. The highest BCUT2D eigenvalue weighted by Gasteiger charge is 2.26. The van der Waals surface area contributed by atoms with Crippen molar-refractivity contribution in [1.82, 2.24) is 4.98 Å². The van der Waals surface area contributed by atoms with E-state index in [1.165, 1.54) is 6.20 Å². The van der Waals surface area contributed by atoms with Gasteiger partial charge >= 0.3 is 0 Å². The number of hydrogen-bond donors (Lipinski definition) is 2. The van der Waals surface area contributed by atoms with Gasteiger partial charge in [-0.15, -0.1) is 0 Å². The van der Waals surface area contributed by atoms with E-state index in [9.17, 15) is 18.0 Å². The minimum atomic E-state index is -1.25. The maximum absolute atomic E-state index is 15.2. The SMILES string of the molecule is C[C@@H]1C[C@H](N)CN(c2ccncc2NC(=O)c2ccc(F)c(-c3ccc(F)cc3F)c2F)C1. The lowest BCUT2D eigenvalue weighted by Crippen LogP contribution is -2.46. The number of halogens is 4. The lowest BCUT2D eigenvalue weighted by Gasteiger charge is -2.37. The van der Waals surface area contributed by atoms with Crippen LogP contribution in [0.5, 0.6) is 0 Å². The van der Waals surface area contributed by atoms with Gasteiger partial charge in [-0.3, -0.25) is 9.78 Å². The van der Waals surface area contributed by atoms with Gasteiger partial charge in [-0.05, 0) is 42.7 Å². The Labute approximate surface area is 188 Å². The fourth-order valence-electron chi connectivity index (χ4n) is 4.21. The van der Waals surface area contributed by atoms with Crippen molar-refractivity contribution in [3.8, 4) is 11.1 Å². The van der Waals surface area contributed by atoms with Crippen LogP contribution in [0.25, 0.3) is 11.1 Å². The Morgan fingerprint density at radius 1 is 1.09 bits per heavy atom. The third kappa shape index (κ3) is 4.68. The van der Waals surface area contributed by atoms with Gasteiger partial charge in [0.15, 0.2) is 0 Å². The van der Waals surface area contributed by atoms with Crippen molar-refractivity contribution in [3.05, 3.63) is 77.6 Å². The summed E-state index contributed by atoms with van der Waals surface area (Å²) < 4.78 is 57.1. The van der Waals surface area contributed by atoms with Crippen molar-refractivity contribution < 1.29 is 22.4 Å². The maximum atomic E-state index is 15.2. The first-order valence-corrected chi connectivity index (χ1v) is 10.4. The molecule has 1 aromatic heterocycles. The number of nitrogens with zero attached hydrogens (tertiary/aromatic N) is 2. The first-order chi connectivity index (χ1) is 15.7. The van der Waals surface area contributed by atoms with E-state index in [4.69, 9.17) is 5.73 Å². The van der Waals surface area contributed by atoms with Crippen molar-refractivity contribution in [2.24, 2.45) is 11.7 Å². The normalized spacial score (nSPS) is 18.3. The topological polar surface area (TPSA) is 71.2 Å². The Bertz CT molecular complexity index is 1190. The number of nitrogens with two attached hydrogens (primary N) is 1. The second kappa shape index (κ2) is 9.19. The largest absolute Gasteiger partial charge is 0.368 e. The van der Waals surface area contributed by atoms with Gasteiger partial charge < -0.3 is 16.0 Å². The van der Waals surface area contributed by atoms with E-state index < -0.39 is 45.9 Å². The standard InChI is InChI=1S/C24H22F4N4O/c1-13-8-15(29)12-32(11-13)21-6-7-30-10-20(21)31-24(33)17-4-5-18(26)22(23(17)28)16-3-2-14(25)9-19(16)27/h2-7,9-10,13,15H,8,11-12,29H2,1H3,(H,31,33)/t13-,15+/m1/s1. The Balaban J connectivity index is 1.67. The van der Waals surface area contributed by atoms with Crippen LogP contribution in [-0.2, 0) is 0 Å². The quantitative estimate of drug-likeness (QED) is 0.555. The first-order valence-electron chi connectivity index (χ1n) is 10.4. The average molecular weight is 458 g/mol. The fourth-order valence-corrected chi connectivity index (χ4v) is 4.21. The lowest BCUT2D eigenvalue weighted by atomic mass is 9.96. The summed E-state index contributed by atoms with van der Waals surface area (Å²) in [5, 5.41) is 2.62. The number of aromatic nitrogens is 1. The van der Waals surface area contributed by atoms with Gasteiger partial charge in [0.25, 0.3) is 5.91 Å². The zero-order chi connectivity index (χ0) is 23.7. The van der Waals surface area contributed by atoms with Crippen LogP contribution in [0.2, 0.25) is 0 Å². The van der Waals surface area contributed by atoms with Crippen LogP contribution in [0.4, 0.5) is 28.9 Å². The summed E-state index contributed by atoms with van der Waals surface area (Å²) in [5.74, 6) is -4.88. The van der Waals surface area contributed by atoms with Crippen LogP contribution < -0.4 is 16.0 Å². The molecule has 1 aliphatic rings. The Kier molecular flexibility index (Phi) is 6.33. The number of amides is 1. The number of carbonyl (C=O) groups excluding carboxylic acids is 1. The molecule has 0 aliphatic carbocycles. The molecule has 33 heavy (non-hydrogen) atoms. The molecular weight excluding hydrogens is 436 g/mol. The van der Waals surface area contributed by atoms with Crippen molar-refractivity contribution in [1.29, 1.82) is 0 Å². The van der Waals surface area contributed by atoms with Crippen molar-refractivity contribution >= 4 is 17.3 Å². The van der Waals surface area contributed by atoms with Gasteiger partial charge in [0.2, 0.25) is 0 Å². The van der Waals surface area contributed by atoms with Gasteiger partial charge in [-0.2, -0.15) is 0 Å². The molecule has 2 atom stereocenters. The van der Waals surface area contributed by atoms with Crippen LogP contribution in [0.15, 0.2) is 48.8 Å². The highest BCUT2D eigenvalue weighted by Crippen LogP contribution is 2.32. The van der Waals surface area contributed by atoms with Gasteiger partial charge in [-0.25, -0.2) is 17.6 Å². The number of benzene rings is 2. The van der Waals surface area contributed by atoms with Crippen LogP contribution in [0, 0.1) is 29.2 Å². The van der Waals surface area contributed by atoms with Gasteiger partial charge in [0, 0.05) is 37.0 Å². The highest BCUT2D eigenvalue weighted by molar-refractivity contribution is 6.06. The predicted molar refractivity (Wildman–Crippen MR) is 118 cm³/mol. The van der Waals surface area contributed by atoms with Gasteiger partial charge in [0.1, 0.15) is 23.3 Å². The molecule has 4 rings (SSSR count). The van der Waals surface area contributed by atoms with Crippen LogP contribution >= 0.6 is 0 Å². The Morgan fingerprint density at radius 2 is 1.88 bits per heavy atom. The number of rotatable bonds is 4. The molecule has 0 saturated carbocycles. The molecule has 2 aromatic carbocycles. The molecule has 9 heteroatoms. The highest BCUT2D eigenvalue weighted by atomic mass is 19.1. The van der Waals surface area contributed by atoms with Crippen LogP contribution in [0.1, 0.15) is 23.7 Å². The number of anilines is 2. The maximum Gasteiger partial charge on any atom is 0.258 e. The third-order valence-electron chi connectivity index (χ3n) is 5.62. The van der Waals surface area contributed by atoms with Gasteiger partial charge in [-0.1, -0.05) is 6.92 Å². The summed E-state index contributed by atoms with van der Waals surface area (Å²) >= 11 is 0. The predicted octanol–water partition coefficient (Wildman–Crippen LogP) is 4.73. The minimum absolute atomic E-state index is 0.0341. The van der Waals surface area contributed by atoms with Crippen molar-refractivity contribution in [2.45, 2.75) is 19.4 Å². The molecule has 1 amide bonds. The second-order valence-corrected chi connectivity index (χ2v) is 8.26. The van der Waals surface area contributed by atoms with Crippen LogP contribution in [0.3, 0.4) is 0 Å². The van der Waals surface area contributed by atoms with Crippen LogP contribution in [-0.4, -0.2) is 30.0 Å². The second-order valence-electron chi connectivity index (χ2n) is 8.26. The summed E-state index contributed by atoms with van der Waals surface area (Å²) in [5.41, 5.74) is 5.42. The monoisotopic (exact) mass is 458 g/mol. The Morgan fingerprint density at radius 3 is 2.61 bits per heavy atom. The zero-order valence-electron chi connectivity index (χ0n) is 17.8. The van der Waals surface area contributed by atoms with E-state index in [-0.39, 0.29) is 6.04 Å². The molecular formula is C24H22F4N4O. The lowest BCUT2D eigenvalue weighted by molar-refractivity contribution is 0.102. The van der Waals surface area contributed by atoms with E-state index >= 15 is 4.39 Å². The summed E-state index contributed by atoms with van der Waals surface area (Å²) in [6.45, 7) is 3.38. The van der Waals surface area contributed by atoms with Gasteiger partial charge in [0.05, 0.1) is 28.7 Å². The molecule has 3 N–H and O–H groups in total. The molecule has 0 unspecified atom stereocenters. The molecule has 1 aliphatic heterocycles. The average Bonchev–Trinajstić information content (AvgIpc) is 2.75. The van der Waals surface area contributed by atoms with Crippen molar-refractivity contribution in [3.63, 3.8) is 0 Å². The molecule has 1 saturated heterocycles. The number of hydrogen-bond acceptors (Lipinski definition) is 4. The summed E-state index contributed by atoms with van der Waals surface area (Å²) in [6.07, 6.45) is 3.89. The number of nitrogens with one attached hydrogen (secondary N) is 1. The minimum Gasteiger partial charge on any atom is -0.368 e. The molecule has 0 spiro atoms.